The molecule has 0 aromatic heterocycles. The summed E-state index contributed by atoms with van der Waals surface area (Å²) in [7, 11) is 0. The zero-order valence-corrected chi connectivity index (χ0v) is 22.1. The number of hydrogen-bond acceptors (Lipinski definition) is 7. The van der Waals surface area contributed by atoms with E-state index >= 15 is 0 Å². The summed E-state index contributed by atoms with van der Waals surface area (Å²) < 4.78 is 10.8. The van der Waals surface area contributed by atoms with Gasteiger partial charge >= 0.3 is 12.2 Å². The molecule has 2 rings (SSSR count). The maximum atomic E-state index is 12.2. The smallest absolute Gasteiger partial charge is 0.410 e. The molecule has 2 fully saturated rings. The lowest BCUT2D eigenvalue weighted by Crippen LogP contribution is -2.51. The molecule has 0 spiro atoms. The largest absolute Gasteiger partial charge is 0.444 e. The van der Waals surface area contributed by atoms with Crippen LogP contribution in [0.4, 0.5) is 9.59 Å². The number of likely N-dealkylation sites (tertiary alicyclic amines) is 2. The van der Waals surface area contributed by atoms with Gasteiger partial charge in [-0.25, -0.2) is 9.59 Å². The minimum Gasteiger partial charge on any atom is -0.444 e. The van der Waals surface area contributed by atoms with Crippen LogP contribution in [0, 0.1) is 0 Å². The molecular formula is C24H43N5O6. The minimum absolute atomic E-state index is 0.00743. The van der Waals surface area contributed by atoms with Crippen LogP contribution >= 0.6 is 0 Å². The van der Waals surface area contributed by atoms with Crippen LogP contribution in [-0.4, -0.2) is 96.4 Å². The molecule has 3 N–H and O–H groups in total. The maximum Gasteiger partial charge on any atom is 0.410 e. The van der Waals surface area contributed by atoms with Gasteiger partial charge in [0.1, 0.15) is 11.2 Å². The van der Waals surface area contributed by atoms with Gasteiger partial charge in [0.15, 0.2) is 0 Å². The average molecular weight is 498 g/mol. The number of nitrogens with zero attached hydrogens (tertiary/aromatic N) is 2. The van der Waals surface area contributed by atoms with Crippen LogP contribution in [0.25, 0.3) is 0 Å². The first-order chi connectivity index (χ1) is 16.2. The van der Waals surface area contributed by atoms with Crippen LogP contribution in [0.1, 0.15) is 67.2 Å². The van der Waals surface area contributed by atoms with E-state index in [2.05, 4.69) is 16.0 Å². The Bertz CT molecular complexity index is 682. The van der Waals surface area contributed by atoms with E-state index in [4.69, 9.17) is 9.47 Å². The summed E-state index contributed by atoms with van der Waals surface area (Å²) in [4.78, 5) is 52.0. The second-order valence-corrected chi connectivity index (χ2v) is 11.2. The lowest BCUT2D eigenvalue weighted by atomic mass is 10.1. The molecule has 2 aliphatic heterocycles. The van der Waals surface area contributed by atoms with Gasteiger partial charge in [-0.05, 0) is 67.2 Å². The van der Waals surface area contributed by atoms with Crippen LogP contribution in [0.15, 0.2) is 0 Å². The van der Waals surface area contributed by atoms with E-state index in [1.807, 2.05) is 41.5 Å². The number of hydrogen-bond donors (Lipinski definition) is 3. The molecule has 0 aromatic carbocycles. The summed E-state index contributed by atoms with van der Waals surface area (Å²) in [6.45, 7) is 13.2. The third kappa shape index (κ3) is 11.1. The molecule has 11 heteroatoms. The van der Waals surface area contributed by atoms with Gasteiger partial charge in [-0.3, -0.25) is 14.9 Å². The van der Waals surface area contributed by atoms with Crippen molar-refractivity contribution in [2.75, 3.05) is 39.3 Å². The Labute approximate surface area is 208 Å². The van der Waals surface area contributed by atoms with Gasteiger partial charge in [-0.1, -0.05) is 0 Å². The Kier molecular flexibility index (Phi) is 10.2. The number of piperidine rings is 2. The van der Waals surface area contributed by atoms with E-state index in [0.717, 1.165) is 0 Å². The normalized spacial score (nSPS) is 18.1. The van der Waals surface area contributed by atoms with Crippen LogP contribution < -0.4 is 16.0 Å². The second-order valence-electron chi connectivity index (χ2n) is 11.2. The highest BCUT2D eigenvalue weighted by molar-refractivity contribution is 5.81. The van der Waals surface area contributed by atoms with Gasteiger partial charge in [0, 0.05) is 38.3 Å². The molecule has 2 aliphatic rings. The number of carbonyl (C=O) groups is 4. The number of ether oxygens (including phenoxy) is 2. The standard InChI is InChI=1S/C24H43N5O6/c1-23(2,3)34-21(32)28-11-7-17(8-12-28)26-19(30)15-25-16-20(31)27-18-9-13-29(14-10-18)22(33)35-24(4,5)6/h17-18,25H,7-16H2,1-6H3,(H,26,30)(H,27,31). The number of carbonyl (C=O) groups excluding carboxylic acids is 4. The van der Waals surface area contributed by atoms with Crippen molar-refractivity contribution in [3.8, 4) is 0 Å². The highest BCUT2D eigenvalue weighted by Crippen LogP contribution is 2.16. The van der Waals surface area contributed by atoms with Gasteiger partial charge in [0.05, 0.1) is 13.1 Å². The Balaban J connectivity index is 1.57. The first-order valence-electron chi connectivity index (χ1n) is 12.5. The first kappa shape index (κ1) is 28.7. The second kappa shape index (κ2) is 12.4. The molecule has 11 nitrogen and oxygen atoms in total. The van der Waals surface area contributed by atoms with Crippen LogP contribution in [0.2, 0.25) is 0 Å². The van der Waals surface area contributed by atoms with Crippen LogP contribution in [0.5, 0.6) is 0 Å². The third-order valence-corrected chi connectivity index (χ3v) is 5.59. The van der Waals surface area contributed by atoms with E-state index in [1.54, 1.807) is 9.80 Å². The van der Waals surface area contributed by atoms with E-state index in [1.165, 1.54) is 0 Å². The summed E-state index contributed by atoms with van der Waals surface area (Å²) >= 11 is 0. The van der Waals surface area contributed by atoms with Gasteiger partial charge in [0.2, 0.25) is 11.8 Å². The molecular weight excluding hydrogens is 454 g/mol. The van der Waals surface area contributed by atoms with Crippen LogP contribution in [0.3, 0.4) is 0 Å². The van der Waals surface area contributed by atoms with Gasteiger partial charge < -0.3 is 29.9 Å². The predicted molar refractivity (Wildman–Crippen MR) is 131 cm³/mol. The molecule has 200 valence electrons. The molecule has 0 aliphatic carbocycles. The molecule has 0 atom stereocenters. The number of rotatable bonds is 6. The van der Waals surface area contributed by atoms with Crippen molar-refractivity contribution in [3.63, 3.8) is 0 Å². The fourth-order valence-electron chi connectivity index (χ4n) is 3.91. The van der Waals surface area contributed by atoms with Crippen LogP contribution in [-0.2, 0) is 19.1 Å². The maximum absolute atomic E-state index is 12.2. The van der Waals surface area contributed by atoms with Gasteiger partial charge in [-0.2, -0.15) is 0 Å². The van der Waals surface area contributed by atoms with E-state index in [9.17, 15) is 19.2 Å². The zero-order chi connectivity index (χ0) is 26.2. The Morgan fingerprint density at radius 2 is 0.971 bits per heavy atom. The van der Waals surface area contributed by atoms with E-state index < -0.39 is 11.2 Å². The average Bonchev–Trinajstić information content (AvgIpc) is 2.72. The lowest BCUT2D eigenvalue weighted by Gasteiger charge is -2.34. The van der Waals surface area contributed by atoms with Crippen molar-refractivity contribution in [2.45, 2.75) is 90.5 Å². The fourth-order valence-corrected chi connectivity index (χ4v) is 3.91. The topological polar surface area (TPSA) is 129 Å². The van der Waals surface area contributed by atoms with Gasteiger partial charge in [0.25, 0.3) is 0 Å². The van der Waals surface area contributed by atoms with Crippen molar-refractivity contribution < 1.29 is 28.7 Å². The summed E-state index contributed by atoms with van der Waals surface area (Å²) in [6, 6.07) is -0.0149. The van der Waals surface area contributed by atoms with E-state index in [-0.39, 0.29) is 49.2 Å². The van der Waals surface area contributed by atoms with Crippen molar-refractivity contribution in [2.24, 2.45) is 0 Å². The molecule has 0 unspecified atom stereocenters. The Morgan fingerprint density at radius 1 is 0.657 bits per heavy atom. The van der Waals surface area contributed by atoms with Crippen molar-refractivity contribution in [1.82, 2.24) is 25.8 Å². The SMILES string of the molecule is CC(C)(C)OC(=O)N1CCC(NC(=O)CNCC(=O)NC2CCN(C(=O)OC(C)(C)C)CC2)CC1. The highest BCUT2D eigenvalue weighted by Gasteiger charge is 2.29. The molecule has 0 aromatic rings. The molecule has 0 radical (unpaired) electrons. The summed E-state index contributed by atoms with van der Waals surface area (Å²) in [5.74, 6) is -0.363. The molecule has 0 saturated carbocycles. The van der Waals surface area contributed by atoms with Gasteiger partial charge in [-0.15, -0.1) is 0 Å². The Hall–Kier alpha value is -2.56. The molecule has 35 heavy (non-hydrogen) atoms. The van der Waals surface area contributed by atoms with Crippen molar-refractivity contribution in [3.05, 3.63) is 0 Å². The summed E-state index contributed by atoms with van der Waals surface area (Å²) in [5.41, 5.74) is -1.06. The minimum atomic E-state index is -0.530. The number of amides is 4. The molecule has 2 heterocycles. The zero-order valence-electron chi connectivity index (χ0n) is 22.1. The first-order valence-corrected chi connectivity index (χ1v) is 12.5. The predicted octanol–water partition coefficient (Wildman–Crippen LogP) is 1.61. The van der Waals surface area contributed by atoms with Crippen molar-refractivity contribution >= 4 is 24.0 Å². The molecule has 2 saturated heterocycles. The molecule has 0 bridgehead atoms. The summed E-state index contributed by atoms with van der Waals surface area (Å²) in [5, 5.41) is 8.78. The Morgan fingerprint density at radius 3 is 1.26 bits per heavy atom. The highest BCUT2D eigenvalue weighted by atomic mass is 16.6. The quantitative estimate of drug-likeness (QED) is 0.508. The lowest BCUT2D eigenvalue weighted by molar-refractivity contribution is -0.122. The third-order valence-electron chi connectivity index (χ3n) is 5.59. The van der Waals surface area contributed by atoms with Crippen molar-refractivity contribution in [1.29, 1.82) is 0 Å². The number of nitrogens with one attached hydrogen (secondary N) is 3. The monoisotopic (exact) mass is 497 g/mol. The van der Waals surface area contributed by atoms with E-state index in [0.29, 0.717) is 51.9 Å². The fraction of sp³-hybridized carbons (Fsp3) is 0.833. The summed E-state index contributed by atoms with van der Waals surface area (Å²) in [6.07, 6.45) is 1.98. The molecule has 4 amide bonds.